The third kappa shape index (κ3) is 1.81. The minimum Gasteiger partial charge on any atom is -0.439 e. The normalized spacial score (nSPS) is 21.4. The van der Waals surface area contributed by atoms with Crippen LogP contribution in [0.15, 0.2) is 22.6 Å². The van der Waals surface area contributed by atoms with E-state index in [-0.39, 0.29) is 6.04 Å². The van der Waals surface area contributed by atoms with Crippen LogP contribution in [-0.4, -0.2) is 11.5 Å². The molecule has 0 amide bonds. The van der Waals surface area contributed by atoms with E-state index in [0.717, 1.165) is 30.0 Å². The van der Waals surface area contributed by atoms with Crippen LogP contribution in [0.4, 0.5) is 0 Å². The van der Waals surface area contributed by atoms with Crippen LogP contribution in [-0.2, 0) is 0 Å². The molecule has 3 rings (SSSR count). The van der Waals surface area contributed by atoms with Gasteiger partial charge in [-0.1, -0.05) is 18.0 Å². The molecule has 0 aliphatic carbocycles. The van der Waals surface area contributed by atoms with Crippen molar-refractivity contribution in [2.45, 2.75) is 25.3 Å². The average Bonchev–Trinajstić information content (AvgIpc) is 2.73. The molecular weight excluding hydrogens is 224 g/mol. The number of benzene rings is 1. The Morgan fingerprint density at radius 1 is 1.38 bits per heavy atom. The maximum Gasteiger partial charge on any atom is 0.212 e. The molecule has 3 nitrogen and oxygen atoms in total. The van der Waals surface area contributed by atoms with Crippen LogP contribution in [0.3, 0.4) is 0 Å². The van der Waals surface area contributed by atoms with Gasteiger partial charge < -0.3 is 9.73 Å². The highest BCUT2D eigenvalue weighted by molar-refractivity contribution is 6.31. The van der Waals surface area contributed by atoms with Crippen molar-refractivity contribution in [1.29, 1.82) is 0 Å². The standard InChI is InChI=1S/C12H13ClN2O/c13-8-4-5-11-10(7-8)15-12(16-11)9-3-1-2-6-14-9/h4-5,7,9,14H,1-3,6H2. The maximum atomic E-state index is 5.92. The summed E-state index contributed by atoms with van der Waals surface area (Å²) in [5.41, 5.74) is 1.65. The van der Waals surface area contributed by atoms with E-state index in [2.05, 4.69) is 10.3 Å². The fraction of sp³-hybridized carbons (Fsp3) is 0.417. The summed E-state index contributed by atoms with van der Waals surface area (Å²) in [6.07, 6.45) is 3.57. The lowest BCUT2D eigenvalue weighted by molar-refractivity contribution is 0.347. The summed E-state index contributed by atoms with van der Waals surface area (Å²) >= 11 is 5.92. The van der Waals surface area contributed by atoms with E-state index in [1.807, 2.05) is 18.2 Å². The number of piperidine rings is 1. The van der Waals surface area contributed by atoms with Gasteiger partial charge in [-0.25, -0.2) is 4.98 Å². The molecule has 1 unspecified atom stereocenters. The molecule has 1 aliphatic heterocycles. The van der Waals surface area contributed by atoms with Crippen LogP contribution < -0.4 is 5.32 Å². The van der Waals surface area contributed by atoms with Crippen molar-refractivity contribution in [3.8, 4) is 0 Å². The van der Waals surface area contributed by atoms with E-state index < -0.39 is 0 Å². The number of fused-ring (bicyclic) bond motifs is 1. The van der Waals surface area contributed by atoms with E-state index in [1.54, 1.807) is 0 Å². The Balaban J connectivity index is 1.97. The zero-order valence-electron chi connectivity index (χ0n) is 8.87. The Bertz CT molecular complexity index is 503. The van der Waals surface area contributed by atoms with Crippen LogP contribution >= 0.6 is 11.6 Å². The molecule has 4 heteroatoms. The molecule has 2 heterocycles. The summed E-state index contributed by atoms with van der Waals surface area (Å²) in [6, 6.07) is 5.80. The number of hydrogen-bond donors (Lipinski definition) is 1. The summed E-state index contributed by atoms with van der Waals surface area (Å²) in [6.45, 7) is 1.05. The lowest BCUT2D eigenvalue weighted by atomic mass is 10.1. The summed E-state index contributed by atoms with van der Waals surface area (Å²) < 4.78 is 5.73. The SMILES string of the molecule is Clc1ccc2oc(C3CCCCN3)nc2c1. The van der Waals surface area contributed by atoms with Crippen LogP contribution in [0.5, 0.6) is 0 Å². The van der Waals surface area contributed by atoms with Gasteiger partial charge in [0, 0.05) is 5.02 Å². The molecule has 1 fully saturated rings. The van der Waals surface area contributed by atoms with E-state index in [0.29, 0.717) is 5.02 Å². The van der Waals surface area contributed by atoms with E-state index in [9.17, 15) is 0 Å². The Morgan fingerprint density at radius 3 is 3.12 bits per heavy atom. The molecule has 84 valence electrons. The first-order chi connectivity index (χ1) is 7.83. The molecular formula is C12H13ClN2O. The lowest BCUT2D eigenvalue weighted by Crippen LogP contribution is -2.26. The second-order valence-electron chi connectivity index (χ2n) is 4.17. The Hall–Kier alpha value is -1.06. The second kappa shape index (κ2) is 4.07. The number of nitrogens with one attached hydrogen (secondary N) is 1. The third-order valence-electron chi connectivity index (χ3n) is 2.97. The Labute approximate surface area is 98.8 Å². The third-order valence-corrected chi connectivity index (χ3v) is 3.21. The molecule has 0 bridgehead atoms. The number of aromatic nitrogens is 1. The highest BCUT2D eigenvalue weighted by Crippen LogP contribution is 2.27. The molecule has 1 aliphatic rings. The second-order valence-corrected chi connectivity index (χ2v) is 4.60. The van der Waals surface area contributed by atoms with Gasteiger partial charge in [0.2, 0.25) is 5.89 Å². The predicted octanol–water partition coefficient (Wildman–Crippen LogP) is 3.30. The van der Waals surface area contributed by atoms with Gasteiger partial charge in [0.1, 0.15) is 5.52 Å². The van der Waals surface area contributed by atoms with Crippen molar-refractivity contribution in [2.24, 2.45) is 0 Å². The van der Waals surface area contributed by atoms with E-state index in [4.69, 9.17) is 16.0 Å². The molecule has 1 saturated heterocycles. The van der Waals surface area contributed by atoms with Crippen molar-refractivity contribution < 1.29 is 4.42 Å². The van der Waals surface area contributed by atoms with Gasteiger partial charge in [-0.2, -0.15) is 0 Å². The Kier molecular flexibility index (Phi) is 2.58. The van der Waals surface area contributed by atoms with Crippen molar-refractivity contribution in [3.63, 3.8) is 0 Å². The van der Waals surface area contributed by atoms with Gasteiger partial charge in [-0.3, -0.25) is 0 Å². The Morgan fingerprint density at radius 2 is 2.31 bits per heavy atom. The highest BCUT2D eigenvalue weighted by Gasteiger charge is 2.20. The molecule has 1 atom stereocenters. The van der Waals surface area contributed by atoms with Crippen molar-refractivity contribution in [1.82, 2.24) is 10.3 Å². The van der Waals surface area contributed by atoms with E-state index >= 15 is 0 Å². The molecule has 1 aromatic heterocycles. The maximum absolute atomic E-state index is 5.92. The summed E-state index contributed by atoms with van der Waals surface area (Å²) in [4.78, 5) is 4.48. The molecule has 2 aromatic rings. The zero-order valence-corrected chi connectivity index (χ0v) is 9.63. The highest BCUT2D eigenvalue weighted by atomic mass is 35.5. The van der Waals surface area contributed by atoms with Crippen LogP contribution in [0, 0.1) is 0 Å². The van der Waals surface area contributed by atoms with Crippen molar-refractivity contribution in [2.75, 3.05) is 6.54 Å². The molecule has 0 radical (unpaired) electrons. The van der Waals surface area contributed by atoms with Gasteiger partial charge in [0.25, 0.3) is 0 Å². The van der Waals surface area contributed by atoms with E-state index in [1.165, 1.54) is 12.8 Å². The van der Waals surface area contributed by atoms with Crippen molar-refractivity contribution >= 4 is 22.7 Å². The van der Waals surface area contributed by atoms with Crippen LogP contribution in [0.25, 0.3) is 11.1 Å². The molecule has 0 spiro atoms. The van der Waals surface area contributed by atoms with Crippen LogP contribution in [0.1, 0.15) is 31.2 Å². The predicted molar refractivity (Wildman–Crippen MR) is 63.6 cm³/mol. The number of nitrogens with zero attached hydrogens (tertiary/aromatic N) is 1. The first kappa shape index (κ1) is 10.1. The molecule has 16 heavy (non-hydrogen) atoms. The topological polar surface area (TPSA) is 38.1 Å². The fourth-order valence-corrected chi connectivity index (χ4v) is 2.30. The first-order valence-corrected chi connectivity index (χ1v) is 6.00. The minimum absolute atomic E-state index is 0.264. The van der Waals surface area contributed by atoms with Gasteiger partial charge in [0.15, 0.2) is 5.58 Å². The van der Waals surface area contributed by atoms with Gasteiger partial charge in [0.05, 0.1) is 6.04 Å². The number of rotatable bonds is 1. The van der Waals surface area contributed by atoms with Gasteiger partial charge in [-0.15, -0.1) is 0 Å². The minimum atomic E-state index is 0.264. The van der Waals surface area contributed by atoms with Gasteiger partial charge in [-0.05, 0) is 37.6 Å². The average molecular weight is 237 g/mol. The number of oxazole rings is 1. The van der Waals surface area contributed by atoms with Gasteiger partial charge >= 0.3 is 0 Å². The first-order valence-electron chi connectivity index (χ1n) is 5.62. The smallest absolute Gasteiger partial charge is 0.212 e. The fourth-order valence-electron chi connectivity index (χ4n) is 2.13. The molecule has 1 N–H and O–H groups in total. The van der Waals surface area contributed by atoms with Crippen LogP contribution in [0.2, 0.25) is 5.02 Å². The quantitative estimate of drug-likeness (QED) is 0.826. The molecule has 1 aromatic carbocycles. The molecule has 0 saturated carbocycles. The lowest BCUT2D eigenvalue weighted by Gasteiger charge is -2.19. The summed E-state index contributed by atoms with van der Waals surface area (Å²) in [5.74, 6) is 0.789. The number of hydrogen-bond acceptors (Lipinski definition) is 3. The summed E-state index contributed by atoms with van der Waals surface area (Å²) in [5, 5.41) is 4.12. The summed E-state index contributed by atoms with van der Waals surface area (Å²) in [7, 11) is 0. The number of halogens is 1. The zero-order chi connectivity index (χ0) is 11.0. The van der Waals surface area contributed by atoms with Crippen molar-refractivity contribution in [3.05, 3.63) is 29.1 Å². The monoisotopic (exact) mass is 236 g/mol. The largest absolute Gasteiger partial charge is 0.439 e.